The van der Waals surface area contributed by atoms with Crippen molar-refractivity contribution in [2.45, 2.75) is 33.1 Å². The van der Waals surface area contributed by atoms with Crippen molar-refractivity contribution in [2.24, 2.45) is 0 Å². The summed E-state index contributed by atoms with van der Waals surface area (Å²) in [6, 6.07) is 7.51. The van der Waals surface area contributed by atoms with Crippen molar-refractivity contribution < 1.29 is 33.0 Å². The Morgan fingerprint density at radius 2 is 1.94 bits per heavy atom. The zero-order chi connectivity index (χ0) is 22.4. The number of esters is 2. The number of anilines is 1. The summed E-state index contributed by atoms with van der Waals surface area (Å²) in [5.41, 5.74) is 2.30. The summed E-state index contributed by atoms with van der Waals surface area (Å²) in [5.74, 6) is -1.69. The average Bonchev–Trinajstić information content (AvgIpc) is 3.33. The van der Waals surface area contributed by atoms with Gasteiger partial charge in [-0.25, -0.2) is 9.59 Å². The maximum Gasteiger partial charge on any atom is 0.344 e. The van der Waals surface area contributed by atoms with E-state index in [1.807, 2.05) is 18.2 Å². The van der Waals surface area contributed by atoms with E-state index in [9.17, 15) is 19.6 Å². The summed E-state index contributed by atoms with van der Waals surface area (Å²) in [7, 11) is 0. The van der Waals surface area contributed by atoms with Gasteiger partial charge >= 0.3 is 11.9 Å². The third-order valence-electron chi connectivity index (χ3n) is 4.72. The fraction of sp³-hybridized carbons (Fsp3) is 0.364. The van der Waals surface area contributed by atoms with Crippen molar-refractivity contribution in [3.8, 4) is 11.8 Å². The molecule has 0 radical (unpaired) electrons. The molecule has 31 heavy (non-hydrogen) atoms. The summed E-state index contributed by atoms with van der Waals surface area (Å²) < 4.78 is 20.5. The van der Waals surface area contributed by atoms with Crippen LogP contribution in [0.4, 0.5) is 5.88 Å². The number of rotatable bonds is 8. The molecule has 0 spiro atoms. The molecule has 0 atom stereocenters. The molecule has 0 saturated heterocycles. The Morgan fingerprint density at radius 3 is 2.68 bits per heavy atom. The van der Waals surface area contributed by atoms with E-state index in [1.54, 1.807) is 13.0 Å². The molecule has 0 aliphatic heterocycles. The largest absolute Gasteiger partial charge is 0.482 e. The first-order valence-corrected chi connectivity index (χ1v) is 9.83. The number of nitrogens with zero attached hydrogens (tertiary/aromatic N) is 1. The number of fused-ring (bicyclic) bond motifs is 1. The highest BCUT2D eigenvalue weighted by molar-refractivity contribution is 5.98. The zero-order valence-corrected chi connectivity index (χ0v) is 17.3. The Bertz CT molecular complexity index is 1050. The fourth-order valence-electron chi connectivity index (χ4n) is 3.32. The molecule has 2 aromatic rings. The van der Waals surface area contributed by atoms with Gasteiger partial charge < -0.3 is 18.6 Å². The minimum absolute atomic E-state index is 0.0561. The highest BCUT2D eigenvalue weighted by Gasteiger charge is 2.26. The third kappa shape index (κ3) is 5.22. The predicted molar refractivity (Wildman–Crippen MR) is 108 cm³/mol. The summed E-state index contributed by atoms with van der Waals surface area (Å²) in [4.78, 5) is 36.0. The predicted octanol–water partition coefficient (Wildman–Crippen LogP) is 2.69. The molecule has 1 aromatic heterocycles. The second-order valence-corrected chi connectivity index (χ2v) is 6.85. The minimum atomic E-state index is -0.730. The van der Waals surface area contributed by atoms with Crippen molar-refractivity contribution in [1.82, 2.24) is 0 Å². The monoisotopic (exact) mass is 426 g/mol. The number of nitrogens with one attached hydrogen (secondary N) is 1. The Labute approximate surface area is 178 Å². The lowest BCUT2D eigenvalue weighted by Gasteiger charge is -2.08. The molecule has 1 heterocycles. The van der Waals surface area contributed by atoms with Gasteiger partial charge in [-0.2, -0.15) is 5.26 Å². The summed E-state index contributed by atoms with van der Waals surface area (Å²) in [6.45, 7) is 2.27. The molecule has 3 rings (SSSR count). The Hall–Kier alpha value is -3.80. The number of furan rings is 1. The Kier molecular flexibility index (Phi) is 6.92. The number of hydrogen-bond acceptors (Lipinski definition) is 8. The van der Waals surface area contributed by atoms with Gasteiger partial charge in [0.25, 0.3) is 5.91 Å². The quantitative estimate of drug-likeness (QED) is 0.638. The first-order valence-electron chi connectivity index (χ1n) is 9.83. The SMILES string of the molecule is CCOC(=O)c1c(C)oc(NC(=O)COC(=O)COc2ccc3c(c2)CCC3)c1C#N. The van der Waals surface area contributed by atoms with Gasteiger partial charge in [0.1, 0.15) is 28.7 Å². The van der Waals surface area contributed by atoms with Crippen LogP contribution in [0.5, 0.6) is 5.75 Å². The first-order chi connectivity index (χ1) is 14.9. The van der Waals surface area contributed by atoms with Crippen LogP contribution in [0.25, 0.3) is 0 Å². The standard InChI is InChI=1S/C22H22N2O7/c1-3-28-22(27)20-13(2)31-21(17(20)10-23)24-18(25)11-30-19(26)12-29-16-8-7-14-5-4-6-15(14)9-16/h7-9H,3-6,11-12H2,1-2H3,(H,24,25). The molecule has 0 fully saturated rings. The topological polar surface area (TPSA) is 128 Å². The van der Waals surface area contributed by atoms with Gasteiger partial charge in [0.15, 0.2) is 13.2 Å². The van der Waals surface area contributed by atoms with Crippen LogP contribution in [0, 0.1) is 18.3 Å². The maximum absolute atomic E-state index is 12.1. The lowest BCUT2D eigenvalue weighted by Crippen LogP contribution is -2.23. The van der Waals surface area contributed by atoms with E-state index in [-0.39, 0.29) is 36.0 Å². The molecule has 1 aromatic carbocycles. The van der Waals surface area contributed by atoms with Crippen LogP contribution in [0.15, 0.2) is 22.6 Å². The molecule has 1 N–H and O–H groups in total. The van der Waals surface area contributed by atoms with E-state index >= 15 is 0 Å². The molecule has 162 valence electrons. The van der Waals surface area contributed by atoms with E-state index in [2.05, 4.69) is 5.32 Å². The number of carbonyl (C=O) groups is 3. The molecule has 1 aliphatic rings. The van der Waals surface area contributed by atoms with Crippen molar-refractivity contribution in [3.05, 3.63) is 46.2 Å². The van der Waals surface area contributed by atoms with Crippen LogP contribution in [-0.4, -0.2) is 37.7 Å². The average molecular weight is 426 g/mol. The summed E-state index contributed by atoms with van der Waals surface area (Å²) in [5, 5.41) is 11.6. The highest BCUT2D eigenvalue weighted by atomic mass is 16.6. The van der Waals surface area contributed by atoms with Crippen molar-refractivity contribution >= 4 is 23.7 Å². The van der Waals surface area contributed by atoms with Crippen LogP contribution in [0.3, 0.4) is 0 Å². The van der Waals surface area contributed by atoms with E-state index in [0.29, 0.717) is 5.75 Å². The summed E-state index contributed by atoms with van der Waals surface area (Å²) >= 11 is 0. The molecule has 0 saturated carbocycles. The number of benzene rings is 1. The van der Waals surface area contributed by atoms with Crippen molar-refractivity contribution in [2.75, 3.05) is 25.1 Å². The number of aryl methyl sites for hydroxylation is 3. The van der Waals surface area contributed by atoms with E-state index in [0.717, 1.165) is 19.3 Å². The number of nitriles is 1. The third-order valence-corrected chi connectivity index (χ3v) is 4.72. The minimum Gasteiger partial charge on any atom is -0.482 e. The van der Waals surface area contributed by atoms with Gasteiger partial charge in [0.2, 0.25) is 5.88 Å². The van der Waals surface area contributed by atoms with Gasteiger partial charge in [0.05, 0.1) is 6.61 Å². The van der Waals surface area contributed by atoms with E-state index in [4.69, 9.17) is 18.6 Å². The molecular weight excluding hydrogens is 404 g/mol. The molecule has 1 amide bonds. The number of amides is 1. The lowest BCUT2D eigenvalue weighted by molar-refractivity contribution is -0.149. The van der Waals surface area contributed by atoms with E-state index in [1.165, 1.54) is 18.1 Å². The smallest absolute Gasteiger partial charge is 0.344 e. The molecule has 9 heteroatoms. The van der Waals surface area contributed by atoms with Crippen molar-refractivity contribution in [3.63, 3.8) is 0 Å². The molecule has 9 nitrogen and oxygen atoms in total. The van der Waals surface area contributed by atoms with Crippen LogP contribution in [0.1, 0.15) is 46.2 Å². The van der Waals surface area contributed by atoms with Gasteiger partial charge in [-0.15, -0.1) is 0 Å². The highest BCUT2D eigenvalue weighted by Crippen LogP contribution is 2.27. The van der Waals surface area contributed by atoms with Gasteiger partial charge in [-0.05, 0) is 56.4 Å². The van der Waals surface area contributed by atoms with Crippen LogP contribution in [0.2, 0.25) is 0 Å². The van der Waals surface area contributed by atoms with Crippen molar-refractivity contribution in [1.29, 1.82) is 5.26 Å². The fourth-order valence-corrected chi connectivity index (χ4v) is 3.32. The lowest BCUT2D eigenvalue weighted by atomic mass is 10.1. The number of carbonyl (C=O) groups excluding carboxylic acids is 3. The van der Waals surface area contributed by atoms with Crippen LogP contribution < -0.4 is 10.1 Å². The Balaban J connectivity index is 1.51. The second kappa shape index (κ2) is 9.80. The van der Waals surface area contributed by atoms with Crippen LogP contribution >= 0.6 is 0 Å². The summed E-state index contributed by atoms with van der Waals surface area (Å²) in [6.07, 6.45) is 3.16. The normalized spacial score (nSPS) is 11.9. The van der Waals surface area contributed by atoms with Gasteiger partial charge in [0, 0.05) is 0 Å². The molecule has 0 bridgehead atoms. The number of ether oxygens (including phenoxy) is 3. The number of hydrogen-bond donors (Lipinski definition) is 1. The molecular formula is C22H22N2O7. The zero-order valence-electron chi connectivity index (χ0n) is 17.3. The van der Waals surface area contributed by atoms with Gasteiger partial charge in [-0.3, -0.25) is 10.1 Å². The van der Waals surface area contributed by atoms with Crippen LogP contribution in [-0.2, 0) is 31.9 Å². The van der Waals surface area contributed by atoms with Gasteiger partial charge in [-0.1, -0.05) is 6.07 Å². The first kappa shape index (κ1) is 21.9. The van der Waals surface area contributed by atoms with E-state index < -0.39 is 24.5 Å². The molecule has 1 aliphatic carbocycles. The Morgan fingerprint density at radius 1 is 1.16 bits per heavy atom. The molecule has 0 unspecified atom stereocenters. The maximum atomic E-state index is 12.1. The second-order valence-electron chi connectivity index (χ2n) is 6.85.